The number of carbonyl (C=O) groups is 1. The minimum atomic E-state index is -0.899. The Morgan fingerprint density at radius 3 is 2.55 bits per heavy atom. The zero-order valence-electron chi connectivity index (χ0n) is 16.3. The molecule has 2 aliphatic rings. The lowest BCUT2D eigenvalue weighted by molar-refractivity contribution is 0.0697. The predicted octanol–water partition coefficient (Wildman–Crippen LogP) is 5.25. The Balaban J connectivity index is 1.64. The Hall–Kier alpha value is -3.27. The summed E-state index contributed by atoms with van der Waals surface area (Å²) in [4.78, 5) is 11.9. The highest BCUT2D eigenvalue weighted by Gasteiger charge is 2.44. The van der Waals surface area contributed by atoms with Gasteiger partial charge >= 0.3 is 5.97 Å². The number of nitrogens with one attached hydrogen (secondary N) is 1. The van der Waals surface area contributed by atoms with Crippen molar-refractivity contribution in [3.05, 3.63) is 94.5 Å². The third-order valence-electron chi connectivity index (χ3n) is 6.21. The van der Waals surface area contributed by atoms with E-state index in [4.69, 9.17) is 4.74 Å². The first-order chi connectivity index (χ1) is 14.2. The molecular weight excluding hydrogens is 362 g/mol. The minimum Gasteiger partial charge on any atom is -0.494 e. The number of hydrogen-bond donors (Lipinski definition) is 2. The van der Waals surface area contributed by atoms with Crippen LogP contribution in [-0.4, -0.2) is 17.7 Å². The Morgan fingerprint density at radius 2 is 1.79 bits per heavy atom. The number of hydrogen-bond acceptors (Lipinski definition) is 3. The van der Waals surface area contributed by atoms with Crippen molar-refractivity contribution in [3.8, 4) is 5.75 Å². The third kappa shape index (κ3) is 2.87. The normalized spacial score (nSPS) is 21.5. The van der Waals surface area contributed by atoms with Crippen LogP contribution in [0.25, 0.3) is 0 Å². The molecule has 29 heavy (non-hydrogen) atoms. The molecule has 0 saturated carbocycles. The molecular formula is C25H23NO3. The topological polar surface area (TPSA) is 58.6 Å². The first kappa shape index (κ1) is 17.8. The van der Waals surface area contributed by atoms with Gasteiger partial charge in [-0.05, 0) is 59.7 Å². The zero-order valence-corrected chi connectivity index (χ0v) is 16.3. The molecule has 1 aliphatic carbocycles. The number of anilines is 1. The van der Waals surface area contributed by atoms with Gasteiger partial charge in [0.25, 0.3) is 0 Å². The number of aromatic carboxylic acids is 1. The smallest absolute Gasteiger partial charge is 0.337 e. The molecule has 0 amide bonds. The SMILES string of the molecule is CCOc1ccc([C@@H]2Nc3c(C(=O)O)cccc3[C@H]3c4ccccc4C[C@H]32)cc1. The molecule has 4 heteroatoms. The molecule has 0 radical (unpaired) electrons. The Labute approximate surface area is 170 Å². The molecule has 3 atom stereocenters. The molecule has 0 saturated heterocycles. The first-order valence-electron chi connectivity index (χ1n) is 10.1. The molecule has 0 spiro atoms. The maximum Gasteiger partial charge on any atom is 0.337 e. The lowest BCUT2D eigenvalue weighted by Crippen LogP contribution is -2.31. The summed E-state index contributed by atoms with van der Waals surface area (Å²) in [6, 6.07) is 22.4. The fourth-order valence-corrected chi connectivity index (χ4v) is 5.03. The number of para-hydroxylation sites is 1. The molecule has 2 N–H and O–H groups in total. The van der Waals surface area contributed by atoms with E-state index in [9.17, 15) is 9.90 Å². The van der Waals surface area contributed by atoms with Crippen LogP contribution in [0.4, 0.5) is 5.69 Å². The van der Waals surface area contributed by atoms with Gasteiger partial charge < -0.3 is 15.2 Å². The molecule has 0 aromatic heterocycles. The molecule has 3 aromatic rings. The van der Waals surface area contributed by atoms with Gasteiger partial charge in [0, 0.05) is 5.92 Å². The van der Waals surface area contributed by atoms with Crippen LogP contribution in [0.5, 0.6) is 5.75 Å². The van der Waals surface area contributed by atoms with Crippen molar-refractivity contribution in [2.24, 2.45) is 5.92 Å². The molecule has 146 valence electrons. The summed E-state index contributed by atoms with van der Waals surface area (Å²) < 4.78 is 5.59. The monoisotopic (exact) mass is 385 g/mol. The fourth-order valence-electron chi connectivity index (χ4n) is 5.03. The molecule has 0 fully saturated rings. The van der Waals surface area contributed by atoms with Gasteiger partial charge in [-0.15, -0.1) is 0 Å². The average molecular weight is 385 g/mol. The van der Waals surface area contributed by atoms with E-state index in [0.29, 0.717) is 18.1 Å². The Morgan fingerprint density at radius 1 is 1.03 bits per heavy atom. The van der Waals surface area contributed by atoms with Crippen molar-refractivity contribution in [1.82, 2.24) is 0 Å². The number of carboxylic acids is 1. The first-order valence-corrected chi connectivity index (χ1v) is 10.1. The van der Waals surface area contributed by atoms with Crippen molar-refractivity contribution < 1.29 is 14.6 Å². The van der Waals surface area contributed by atoms with Crippen molar-refractivity contribution in [2.75, 3.05) is 11.9 Å². The summed E-state index contributed by atoms with van der Waals surface area (Å²) in [7, 11) is 0. The van der Waals surface area contributed by atoms with Gasteiger partial charge in [0.05, 0.1) is 23.9 Å². The van der Waals surface area contributed by atoms with Gasteiger partial charge in [-0.3, -0.25) is 0 Å². The van der Waals surface area contributed by atoms with E-state index in [2.05, 4.69) is 47.8 Å². The molecule has 1 heterocycles. The zero-order chi connectivity index (χ0) is 20.0. The van der Waals surface area contributed by atoms with Crippen LogP contribution in [0.3, 0.4) is 0 Å². The summed E-state index contributed by atoms with van der Waals surface area (Å²) in [5, 5.41) is 13.4. The van der Waals surface area contributed by atoms with Crippen molar-refractivity contribution >= 4 is 11.7 Å². The van der Waals surface area contributed by atoms with Crippen LogP contribution in [0, 0.1) is 5.92 Å². The van der Waals surface area contributed by atoms with Crippen molar-refractivity contribution in [3.63, 3.8) is 0 Å². The fraction of sp³-hybridized carbons (Fsp3) is 0.240. The summed E-state index contributed by atoms with van der Waals surface area (Å²) in [6.45, 7) is 2.61. The van der Waals surface area contributed by atoms with E-state index >= 15 is 0 Å². The number of benzene rings is 3. The quantitative estimate of drug-likeness (QED) is 0.644. The molecule has 3 aromatic carbocycles. The second-order valence-corrected chi connectivity index (χ2v) is 7.74. The van der Waals surface area contributed by atoms with E-state index in [1.54, 1.807) is 6.07 Å². The Kier molecular flexibility index (Phi) is 4.27. The van der Waals surface area contributed by atoms with E-state index in [-0.39, 0.29) is 12.0 Å². The molecule has 1 aliphatic heterocycles. The number of carboxylic acid groups (broad SMARTS) is 1. The highest BCUT2D eigenvalue weighted by atomic mass is 16.5. The lowest BCUT2D eigenvalue weighted by Gasteiger charge is -2.38. The number of rotatable bonds is 4. The second-order valence-electron chi connectivity index (χ2n) is 7.74. The lowest BCUT2D eigenvalue weighted by atomic mass is 9.75. The summed E-state index contributed by atoms with van der Waals surface area (Å²) in [5.41, 5.74) is 6.00. The average Bonchev–Trinajstić information content (AvgIpc) is 3.13. The largest absolute Gasteiger partial charge is 0.494 e. The van der Waals surface area contributed by atoms with Gasteiger partial charge in [0.15, 0.2) is 0 Å². The van der Waals surface area contributed by atoms with Gasteiger partial charge in [0.1, 0.15) is 5.75 Å². The molecule has 5 rings (SSSR count). The second kappa shape index (κ2) is 6.96. The summed E-state index contributed by atoms with van der Waals surface area (Å²) in [6.07, 6.45) is 0.975. The Bertz CT molecular complexity index is 1070. The molecule has 4 nitrogen and oxygen atoms in total. The van der Waals surface area contributed by atoms with Crippen LogP contribution < -0.4 is 10.1 Å². The predicted molar refractivity (Wildman–Crippen MR) is 113 cm³/mol. The van der Waals surface area contributed by atoms with Crippen molar-refractivity contribution in [1.29, 1.82) is 0 Å². The number of fused-ring (bicyclic) bond motifs is 5. The van der Waals surface area contributed by atoms with Gasteiger partial charge in [-0.25, -0.2) is 4.79 Å². The molecule has 0 bridgehead atoms. The number of ether oxygens (including phenoxy) is 1. The van der Waals surface area contributed by atoms with E-state index in [1.807, 2.05) is 25.1 Å². The van der Waals surface area contributed by atoms with E-state index < -0.39 is 5.97 Å². The van der Waals surface area contributed by atoms with Gasteiger partial charge in [-0.2, -0.15) is 0 Å². The van der Waals surface area contributed by atoms with Crippen LogP contribution in [-0.2, 0) is 6.42 Å². The highest BCUT2D eigenvalue weighted by molar-refractivity contribution is 5.96. The van der Waals surface area contributed by atoms with Gasteiger partial charge in [-0.1, -0.05) is 48.5 Å². The van der Waals surface area contributed by atoms with E-state index in [0.717, 1.165) is 29.0 Å². The minimum absolute atomic E-state index is 0.0380. The van der Waals surface area contributed by atoms with Gasteiger partial charge in [0.2, 0.25) is 0 Å². The maximum absolute atomic E-state index is 11.9. The van der Waals surface area contributed by atoms with Crippen LogP contribution >= 0.6 is 0 Å². The third-order valence-corrected chi connectivity index (χ3v) is 6.21. The standard InChI is InChI=1S/C25H23NO3/c1-2-29-17-12-10-15(11-13-17)23-21-14-16-6-3-4-7-18(16)22(21)19-8-5-9-20(25(27)28)24(19)26-23/h3-13,21-23,26H,2,14H2,1H3,(H,27,28)/t21-,22-,23+/m1/s1. The van der Waals surface area contributed by atoms with Crippen LogP contribution in [0.15, 0.2) is 66.7 Å². The maximum atomic E-state index is 11.9. The summed E-state index contributed by atoms with van der Waals surface area (Å²) in [5.74, 6) is 0.481. The van der Waals surface area contributed by atoms with Crippen LogP contribution in [0.1, 0.15) is 51.5 Å². The van der Waals surface area contributed by atoms with Crippen LogP contribution in [0.2, 0.25) is 0 Å². The van der Waals surface area contributed by atoms with Crippen molar-refractivity contribution in [2.45, 2.75) is 25.3 Å². The van der Waals surface area contributed by atoms with E-state index in [1.165, 1.54) is 11.1 Å². The summed E-state index contributed by atoms with van der Waals surface area (Å²) >= 11 is 0. The molecule has 0 unspecified atom stereocenters. The highest BCUT2D eigenvalue weighted by Crippen LogP contribution is 2.54.